The quantitative estimate of drug-likeness (QED) is 0.774. The topological polar surface area (TPSA) is 93.0 Å². The first-order chi connectivity index (χ1) is 12.0. The second-order valence-electron chi connectivity index (χ2n) is 6.48. The van der Waals surface area contributed by atoms with Crippen LogP contribution in [0.25, 0.3) is 5.69 Å². The highest BCUT2D eigenvalue weighted by molar-refractivity contribution is 7.88. The Morgan fingerprint density at radius 3 is 2.84 bits per heavy atom. The minimum atomic E-state index is -3.15. The molecule has 1 aliphatic heterocycles. The van der Waals surface area contributed by atoms with Crippen molar-refractivity contribution in [1.29, 1.82) is 0 Å². The number of aryl methyl sites for hydroxylation is 1. The standard InChI is InChI=1S/C16H24N6O2S/c1-25(23,24)18-14-7-5-11-21(13-14)12-6-10-16-17-19-20-22(16)15-8-3-2-4-9-15/h2-4,8-9,14,18H,5-7,10-13H2,1H3/t14-/m0/s1. The lowest BCUT2D eigenvalue weighted by Crippen LogP contribution is -2.47. The van der Waals surface area contributed by atoms with Crippen molar-refractivity contribution < 1.29 is 8.42 Å². The molecule has 0 saturated carbocycles. The molecule has 1 saturated heterocycles. The molecule has 2 aromatic rings. The highest BCUT2D eigenvalue weighted by Gasteiger charge is 2.22. The maximum Gasteiger partial charge on any atom is 0.208 e. The second-order valence-corrected chi connectivity index (χ2v) is 8.26. The molecule has 0 aliphatic carbocycles. The van der Waals surface area contributed by atoms with Crippen LogP contribution >= 0.6 is 0 Å². The fraction of sp³-hybridized carbons (Fsp3) is 0.562. The number of benzene rings is 1. The number of aromatic nitrogens is 4. The largest absolute Gasteiger partial charge is 0.302 e. The SMILES string of the molecule is CS(=O)(=O)N[C@H]1CCCN(CCCc2nnnn2-c2ccccc2)C1. The zero-order valence-electron chi connectivity index (χ0n) is 14.4. The van der Waals surface area contributed by atoms with E-state index in [9.17, 15) is 8.42 Å². The van der Waals surface area contributed by atoms with Crippen LogP contribution in [0, 0.1) is 0 Å². The zero-order valence-corrected chi connectivity index (χ0v) is 15.2. The van der Waals surface area contributed by atoms with Gasteiger partial charge in [-0.25, -0.2) is 13.1 Å². The van der Waals surface area contributed by atoms with Crippen molar-refractivity contribution in [3.05, 3.63) is 36.2 Å². The van der Waals surface area contributed by atoms with Gasteiger partial charge in [0.15, 0.2) is 5.82 Å². The number of para-hydroxylation sites is 1. The van der Waals surface area contributed by atoms with E-state index < -0.39 is 10.0 Å². The summed E-state index contributed by atoms with van der Waals surface area (Å²) in [4.78, 5) is 2.31. The number of nitrogens with one attached hydrogen (secondary N) is 1. The van der Waals surface area contributed by atoms with Gasteiger partial charge in [0.1, 0.15) is 0 Å². The number of likely N-dealkylation sites (tertiary alicyclic amines) is 1. The van der Waals surface area contributed by atoms with Crippen LogP contribution in [0.5, 0.6) is 0 Å². The van der Waals surface area contributed by atoms with Gasteiger partial charge in [0, 0.05) is 19.0 Å². The lowest BCUT2D eigenvalue weighted by Gasteiger charge is -2.32. The molecule has 0 amide bonds. The van der Waals surface area contributed by atoms with Gasteiger partial charge < -0.3 is 4.90 Å². The predicted octanol–water partition coefficient (Wildman–Crippen LogP) is 0.609. The van der Waals surface area contributed by atoms with Crippen molar-refractivity contribution in [3.8, 4) is 5.69 Å². The molecule has 0 unspecified atom stereocenters. The Labute approximate surface area is 148 Å². The summed E-state index contributed by atoms with van der Waals surface area (Å²) in [5.74, 6) is 0.842. The van der Waals surface area contributed by atoms with Gasteiger partial charge in [0.25, 0.3) is 0 Å². The highest BCUT2D eigenvalue weighted by atomic mass is 32.2. The first-order valence-corrected chi connectivity index (χ1v) is 10.4. The number of hydrogen-bond acceptors (Lipinski definition) is 6. The minimum Gasteiger partial charge on any atom is -0.302 e. The Morgan fingerprint density at radius 2 is 2.08 bits per heavy atom. The molecule has 2 heterocycles. The molecule has 3 rings (SSSR count). The Morgan fingerprint density at radius 1 is 1.28 bits per heavy atom. The highest BCUT2D eigenvalue weighted by Crippen LogP contribution is 2.13. The third-order valence-corrected chi connectivity index (χ3v) is 5.06. The average molecular weight is 364 g/mol. The van der Waals surface area contributed by atoms with Crippen molar-refractivity contribution in [2.75, 3.05) is 25.9 Å². The van der Waals surface area contributed by atoms with E-state index in [0.29, 0.717) is 0 Å². The van der Waals surface area contributed by atoms with Crippen molar-refractivity contribution in [2.45, 2.75) is 31.7 Å². The van der Waals surface area contributed by atoms with Crippen LogP contribution in [0.3, 0.4) is 0 Å². The van der Waals surface area contributed by atoms with Gasteiger partial charge in [-0.15, -0.1) is 5.10 Å². The van der Waals surface area contributed by atoms with E-state index in [1.165, 1.54) is 6.26 Å². The number of nitrogens with zero attached hydrogens (tertiary/aromatic N) is 5. The first kappa shape index (κ1) is 18.0. The third-order valence-electron chi connectivity index (χ3n) is 4.30. The Kier molecular flexibility index (Phi) is 5.77. The summed E-state index contributed by atoms with van der Waals surface area (Å²) in [5, 5.41) is 12.0. The summed E-state index contributed by atoms with van der Waals surface area (Å²) in [6, 6.07) is 9.86. The normalized spacial score (nSPS) is 19.2. The summed E-state index contributed by atoms with van der Waals surface area (Å²) in [5.41, 5.74) is 0.956. The van der Waals surface area contributed by atoms with Crippen molar-refractivity contribution in [1.82, 2.24) is 29.8 Å². The Balaban J connectivity index is 1.51. The summed E-state index contributed by atoms with van der Waals surface area (Å²) >= 11 is 0. The molecular formula is C16H24N6O2S. The predicted molar refractivity (Wildman–Crippen MR) is 94.9 cm³/mol. The average Bonchev–Trinajstić information content (AvgIpc) is 3.03. The molecule has 1 atom stereocenters. The van der Waals surface area contributed by atoms with Gasteiger partial charge in [0.2, 0.25) is 10.0 Å². The molecule has 8 nitrogen and oxygen atoms in total. The molecule has 1 aliphatic rings. The second kappa shape index (κ2) is 8.03. The molecule has 25 heavy (non-hydrogen) atoms. The van der Waals surface area contributed by atoms with Crippen LogP contribution in [0.2, 0.25) is 0 Å². The van der Waals surface area contributed by atoms with E-state index >= 15 is 0 Å². The fourth-order valence-corrected chi connectivity index (χ4v) is 4.05. The first-order valence-electron chi connectivity index (χ1n) is 8.53. The van der Waals surface area contributed by atoms with Crippen LogP contribution in [0.15, 0.2) is 30.3 Å². The van der Waals surface area contributed by atoms with Crippen LogP contribution in [0.1, 0.15) is 25.1 Å². The number of hydrogen-bond donors (Lipinski definition) is 1. The van der Waals surface area contributed by atoms with E-state index in [2.05, 4.69) is 25.1 Å². The van der Waals surface area contributed by atoms with Crippen molar-refractivity contribution in [3.63, 3.8) is 0 Å². The van der Waals surface area contributed by atoms with Gasteiger partial charge in [-0.3, -0.25) is 0 Å². The van der Waals surface area contributed by atoms with Crippen molar-refractivity contribution >= 4 is 10.0 Å². The third kappa shape index (κ3) is 5.32. The molecule has 9 heteroatoms. The van der Waals surface area contributed by atoms with E-state index in [0.717, 1.165) is 56.8 Å². The van der Waals surface area contributed by atoms with Gasteiger partial charge in [-0.1, -0.05) is 18.2 Å². The summed E-state index contributed by atoms with van der Waals surface area (Å²) < 4.78 is 27.3. The number of sulfonamides is 1. The van der Waals surface area contributed by atoms with Crippen LogP contribution in [-0.4, -0.2) is 65.5 Å². The van der Waals surface area contributed by atoms with Gasteiger partial charge in [0.05, 0.1) is 11.9 Å². The molecular weight excluding hydrogens is 340 g/mol. The van der Waals surface area contributed by atoms with E-state index in [-0.39, 0.29) is 6.04 Å². The van der Waals surface area contributed by atoms with Crippen LogP contribution in [0.4, 0.5) is 0 Å². The minimum absolute atomic E-state index is 0.0124. The van der Waals surface area contributed by atoms with Gasteiger partial charge >= 0.3 is 0 Å². The number of tetrazole rings is 1. The van der Waals surface area contributed by atoms with Crippen LogP contribution < -0.4 is 4.72 Å². The zero-order chi connectivity index (χ0) is 17.7. The van der Waals surface area contributed by atoms with Crippen molar-refractivity contribution in [2.24, 2.45) is 0 Å². The molecule has 0 spiro atoms. The molecule has 0 radical (unpaired) electrons. The Hall–Kier alpha value is -1.84. The molecule has 1 fully saturated rings. The smallest absolute Gasteiger partial charge is 0.208 e. The number of rotatable bonds is 7. The monoisotopic (exact) mass is 364 g/mol. The van der Waals surface area contributed by atoms with E-state index in [4.69, 9.17) is 0 Å². The maximum absolute atomic E-state index is 11.4. The molecule has 1 aromatic heterocycles. The van der Waals surface area contributed by atoms with E-state index in [1.54, 1.807) is 4.68 Å². The number of piperidine rings is 1. The molecule has 1 aromatic carbocycles. The van der Waals surface area contributed by atoms with Gasteiger partial charge in [-0.2, -0.15) is 4.68 Å². The van der Waals surface area contributed by atoms with Crippen LogP contribution in [-0.2, 0) is 16.4 Å². The molecule has 136 valence electrons. The molecule has 0 bridgehead atoms. The van der Waals surface area contributed by atoms with E-state index in [1.807, 2.05) is 30.3 Å². The van der Waals surface area contributed by atoms with Gasteiger partial charge in [-0.05, 0) is 54.9 Å². The summed E-state index contributed by atoms with van der Waals surface area (Å²) in [7, 11) is -3.15. The maximum atomic E-state index is 11.4. The lowest BCUT2D eigenvalue weighted by atomic mass is 10.1. The molecule has 1 N–H and O–H groups in total. The Bertz CT molecular complexity index is 777. The summed E-state index contributed by atoms with van der Waals surface area (Å²) in [6.45, 7) is 2.67. The fourth-order valence-electron chi connectivity index (χ4n) is 3.25. The summed E-state index contributed by atoms with van der Waals surface area (Å²) in [6.07, 6.45) is 4.83. The lowest BCUT2D eigenvalue weighted by molar-refractivity contribution is 0.200.